The summed E-state index contributed by atoms with van der Waals surface area (Å²) in [4.78, 5) is 53.0. The molecule has 0 bridgehead atoms. The molecule has 0 radical (unpaired) electrons. The van der Waals surface area contributed by atoms with Crippen molar-refractivity contribution >= 4 is 34.8 Å². The first-order valence-corrected chi connectivity index (χ1v) is 15.0. The minimum atomic E-state index is -2.15. The summed E-state index contributed by atoms with van der Waals surface area (Å²) in [7, 11) is 0. The van der Waals surface area contributed by atoms with Crippen LogP contribution in [0.25, 0.3) is 0 Å². The van der Waals surface area contributed by atoms with Crippen LogP contribution in [0.2, 0.25) is 0 Å². The molecule has 3 amide bonds. The normalized spacial score (nSPS) is 20.3. The van der Waals surface area contributed by atoms with Crippen molar-refractivity contribution < 1.29 is 34.6 Å². The Balaban J connectivity index is 1.35. The number of nitro benzene ring substituents is 1. The Bertz CT molecular complexity index is 1690. The Morgan fingerprint density at radius 1 is 1.11 bits per heavy atom. The van der Waals surface area contributed by atoms with Gasteiger partial charge in [0.05, 0.1) is 29.8 Å². The molecule has 2 aliphatic rings. The number of hydrogen-bond donors (Lipinski definition) is 4. The van der Waals surface area contributed by atoms with Crippen molar-refractivity contribution in [2.75, 3.05) is 16.8 Å². The number of aliphatic hydroxyl groups excluding tert-OH is 2. The third kappa shape index (κ3) is 6.27. The molecule has 0 saturated heterocycles. The highest BCUT2D eigenvalue weighted by molar-refractivity contribution is 6.07. The third-order valence-corrected chi connectivity index (χ3v) is 8.67. The van der Waals surface area contributed by atoms with Gasteiger partial charge in [-0.1, -0.05) is 55.5 Å². The molecular weight excluding hydrogens is 592 g/mol. The van der Waals surface area contributed by atoms with E-state index in [0.29, 0.717) is 29.9 Å². The van der Waals surface area contributed by atoms with Gasteiger partial charge in [0.2, 0.25) is 5.91 Å². The molecular formula is C34H36N4O8. The molecule has 4 atom stereocenters. The van der Waals surface area contributed by atoms with Gasteiger partial charge in [-0.15, -0.1) is 0 Å². The van der Waals surface area contributed by atoms with Crippen LogP contribution < -0.4 is 10.2 Å². The van der Waals surface area contributed by atoms with Crippen LogP contribution >= 0.6 is 0 Å². The maximum atomic E-state index is 13.9. The van der Waals surface area contributed by atoms with Gasteiger partial charge in [-0.25, -0.2) is 0 Å². The minimum Gasteiger partial charge on any atom is -0.394 e. The summed E-state index contributed by atoms with van der Waals surface area (Å²) >= 11 is 0. The average molecular weight is 629 g/mol. The number of nitrogens with zero attached hydrogens (tertiary/aromatic N) is 3. The lowest BCUT2D eigenvalue weighted by Crippen LogP contribution is -2.46. The SMILES string of the molecule is C[C@H](O)C(=O)Nc1ccc(CN2C(=O)[C@@](O)([C@@H](C)/C=C/CC(=O)N3Cc4ccccc4C[C@H]3CO)c3cc([N+](=O)[O-])ccc32)cc1. The van der Waals surface area contributed by atoms with Gasteiger partial charge in [-0.2, -0.15) is 0 Å². The Morgan fingerprint density at radius 3 is 2.46 bits per heavy atom. The lowest BCUT2D eigenvalue weighted by atomic mass is 9.82. The highest BCUT2D eigenvalue weighted by Gasteiger charge is 2.53. The number of carbonyl (C=O) groups is 3. The molecule has 0 saturated carbocycles. The third-order valence-electron chi connectivity index (χ3n) is 8.67. The van der Waals surface area contributed by atoms with Gasteiger partial charge >= 0.3 is 0 Å². The predicted molar refractivity (Wildman–Crippen MR) is 169 cm³/mol. The van der Waals surface area contributed by atoms with Crippen molar-refractivity contribution in [1.82, 2.24) is 4.90 Å². The molecule has 0 spiro atoms. The fourth-order valence-electron chi connectivity index (χ4n) is 6.00. The van der Waals surface area contributed by atoms with Crippen LogP contribution in [0.3, 0.4) is 0 Å². The van der Waals surface area contributed by atoms with E-state index in [-0.39, 0.29) is 42.8 Å². The van der Waals surface area contributed by atoms with Gasteiger partial charge in [-0.3, -0.25) is 24.5 Å². The van der Waals surface area contributed by atoms with Gasteiger partial charge in [0, 0.05) is 42.3 Å². The van der Waals surface area contributed by atoms with Crippen LogP contribution in [0.15, 0.2) is 78.9 Å². The molecule has 240 valence electrons. The lowest BCUT2D eigenvalue weighted by Gasteiger charge is -2.36. The first-order chi connectivity index (χ1) is 21.9. The number of fused-ring (bicyclic) bond motifs is 2. The first kappa shape index (κ1) is 32.5. The van der Waals surface area contributed by atoms with Gasteiger partial charge in [0.1, 0.15) is 6.10 Å². The summed E-state index contributed by atoms with van der Waals surface area (Å²) < 4.78 is 0. The number of rotatable bonds is 10. The molecule has 5 rings (SSSR count). The number of non-ortho nitro benzene ring substituents is 1. The monoisotopic (exact) mass is 628 g/mol. The van der Waals surface area contributed by atoms with Crippen molar-refractivity contribution in [3.63, 3.8) is 0 Å². The first-order valence-electron chi connectivity index (χ1n) is 15.0. The van der Waals surface area contributed by atoms with E-state index in [0.717, 1.165) is 11.1 Å². The van der Waals surface area contributed by atoms with Crippen molar-refractivity contribution in [1.29, 1.82) is 0 Å². The highest BCUT2D eigenvalue weighted by atomic mass is 16.6. The Morgan fingerprint density at radius 2 is 1.80 bits per heavy atom. The zero-order valence-electron chi connectivity index (χ0n) is 25.5. The number of hydrogen-bond acceptors (Lipinski definition) is 8. The van der Waals surface area contributed by atoms with E-state index in [1.54, 1.807) is 48.2 Å². The highest BCUT2D eigenvalue weighted by Crippen LogP contribution is 2.47. The number of amides is 3. The van der Waals surface area contributed by atoms with Gasteiger partial charge < -0.3 is 30.4 Å². The smallest absolute Gasteiger partial charge is 0.269 e. The second-order valence-corrected chi connectivity index (χ2v) is 11.7. The standard InChI is InChI=1S/C34H36N4O8/c1-21(6-5-9-31(41)36-19-25-8-4-3-7-24(25)16-28(36)20-39)34(44)29-17-27(38(45)46)14-15-30(29)37(33(34)43)18-23-10-12-26(13-11-23)35-32(42)22(2)40/h3-8,10-15,17,21-22,28,39-40,44H,9,16,18-20H2,1-2H3,(H,35,42)/b6-5+/t21-,22-,28-,34+/m0/s1. The molecule has 2 aliphatic heterocycles. The molecule has 3 aromatic rings. The van der Waals surface area contributed by atoms with Crippen LogP contribution in [-0.2, 0) is 39.5 Å². The summed E-state index contributed by atoms with van der Waals surface area (Å²) in [5.41, 5.74) is 1.19. The van der Waals surface area contributed by atoms with Crippen LogP contribution in [0.5, 0.6) is 0 Å². The molecule has 12 nitrogen and oxygen atoms in total. The van der Waals surface area contributed by atoms with Crippen molar-refractivity contribution in [2.24, 2.45) is 5.92 Å². The molecule has 12 heteroatoms. The number of anilines is 2. The van der Waals surface area contributed by atoms with E-state index in [2.05, 4.69) is 5.32 Å². The Hall–Kier alpha value is -4.91. The van der Waals surface area contributed by atoms with E-state index in [1.807, 2.05) is 24.3 Å². The Kier molecular flexibility index (Phi) is 9.33. The van der Waals surface area contributed by atoms with E-state index in [9.17, 15) is 39.8 Å². The van der Waals surface area contributed by atoms with Crippen LogP contribution in [0.1, 0.15) is 42.5 Å². The fraction of sp³-hybridized carbons (Fsp3) is 0.324. The largest absolute Gasteiger partial charge is 0.394 e. The van der Waals surface area contributed by atoms with Crippen molar-refractivity contribution in [3.8, 4) is 0 Å². The summed E-state index contributed by atoms with van der Waals surface area (Å²) in [6.07, 6.45) is 2.46. The lowest BCUT2D eigenvalue weighted by molar-refractivity contribution is -0.385. The summed E-state index contributed by atoms with van der Waals surface area (Å²) in [6, 6.07) is 17.9. The second-order valence-electron chi connectivity index (χ2n) is 11.7. The molecule has 0 aliphatic carbocycles. The molecule has 0 fully saturated rings. The number of nitro groups is 1. The molecule has 0 aromatic heterocycles. The topological polar surface area (TPSA) is 174 Å². The summed E-state index contributed by atoms with van der Waals surface area (Å²) in [5.74, 6) is -2.33. The number of benzene rings is 3. The molecule has 46 heavy (non-hydrogen) atoms. The van der Waals surface area contributed by atoms with E-state index in [4.69, 9.17) is 0 Å². The zero-order valence-corrected chi connectivity index (χ0v) is 25.5. The number of nitrogens with one attached hydrogen (secondary N) is 1. The van der Waals surface area contributed by atoms with Gasteiger partial charge in [0.15, 0.2) is 5.60 Å². The maximum absolute atomic E-state index is 13.9. The molecule has 3 aromatic carbocycles. The van der Waals surface area contributed by atoms with E-state index < -0.39 is 34.4 Å². The average Bonchev–Trinajstić information content (AvgIpc) is 3.26. The molecule has 0 unspecified atom stereocenters. The molecule has 4 N–H and O–H groups in total. The van der Waals surface area contributed by atoms with Gasteiger partial charge in [0.25, 0.3) is 17.5 Å². The predicted octanol–water partition coefficient (Wildman–Crippen LogP) is 3.18. The van der Waals surface area contributed by atoms with Crippen LogP contribution in [0.4, 0.5) is 17.1 Å². The van der Waals surface area contributed by atoms with Crippen molar-refractivity contribution in [3.05, 3.63) is 111 Å². The van der Waals surface area contributed by atoms with Crippen molar-refractivity contribution in [2.45, 2.75) is 57.5 Å². The van der Waals surface area contributed by atoms with Crippen LogP contribution in [-0.4, -0.2) is 61.6 Å². The maximum Gasteiger partial charge on any atom is 0.269 e. The fourth-order valence-corrected chi connectivity index (χ4v) is 6.00. The summed E-state index contributed by atoms with van der Waals surface area (Å²) in [5, 5.41) is 45.5. The van der Waals surface area contributed by atoms with Crippen LogP contribution in [0, 0.1) is 16.0 Å². The van der Waals surface area contributed by atoms with E-state index in [1.165, 1.54) is 30.0 Å². The minimum absolute atomic E-state index is 0.0310. The Labute approximate surface area is 265 Å². The second kappa shape index (κ2) is 13.2. The molecule has 2 heterocycles. The number of carbonyl (C=O) groups excluding carboxylic acids is 3. The van der Waals surface area contributed by atoms with E-state index >= 15 is 0 Å². The number of aliphatic hydroxyl groups is 3. The zero-order chi connectivity index (χ0) is 33.2. The summed E-state index contributed by atoms with van der Waals surface area (Å²) in [6.45, 7) is 3.17. The quantitative estimate of drug-likeness (QED) is 0.151. The van der Waals surface area contributed by atoms with Gasteiger partial charge in [-0.05, 0) is 48.2 Å².